The number of amides is 1. The van der Waals surface area contributed by atoms with Crippen molar-refractivity contribution in [1.29, 1.82) is 0 Å². The number of nitrogens with one attached hydrogen (secondary N) is 1. The molecule has 1 N–H and O–H groups in total. The van der Waals surface area contributed by atoms with Crippen LogP contribution in [0.5, 0.6) is 0 Å². The fraction of sp³-hybridized carbons (Fsp3) is 0.0500. The average molecular weight is 401 g/mol. The van der Waals surface area contributed by atoms with Crippen LogP contribution in [0.3, 0.4) is 0 Å². The van der Waals surface area contributed by atoms with Crippen LogP contribution >= 0.6 is 11.3 Å². The standard InChI is InChI=1S/C20H15N7OS/c1-13-18(29-20(22-13)26-9-2-3-10-26)19(28)23-15-6-4-5-14(11-15)16-7-8-17-24-21-12-27(17)25-16/h2-12H,1H3,(H,23,28). The van der Waals surface area contributed by atoms with Crippen LogP contribution in [-0.4, -0.2) is 35.3 Å². The zero-order chi connectivity index (χ0) is 19.8. The molecule has 142 valence electrons. The van der Waals surface area contributed by atoms with Crippen LogP contribution in [0.25, 0.3) is 22.0 Å². The molecule has 0 fully saturated rings. The molecule has 0 spiro atoms. The van der Waals surface area contributed by atoms with Gasteiger partial charge in [-0.25, -0.2) is 4.98 Å². The number of nitrogens with zero attached hydrogens (tertiary/aromatic N) is 6. The van der Waals surface area contributed by atoms with E-state index in [1.54, 1.807) is 10.8 Å². The van der Waals surface area contributed by atoms with Gasteiger partial charge in [0.1, 0.15) is 11.2 Å². The van der Waals surface area contributed by atoms with Crippen LogP contribution in [0, 0.1) is 6.92 Å². The number of hydrogen-bond acceptors (Lipinski definition) is 6. The maximum atomic E-state index is 12.8. The normalized spacial score (nSPS) is 11.1. The topological polar surface area (TPSA) is 90.0 Å². The summed E-state index contributed by atoms with van der Waals surface area (Å²) in [5.41, 5.74) is 3.71. The van der Waals surface area contributed by atoms with Gasteiger partial charge in [-0.05, 0) is 43.3 Å². The Morgan fingerprint density at radius 1 is 1.10 bits per heavy atom. The zero-order valence-corrected chi connectivity index (χ0v) is 16.2. The lowest BCUT2D eigenvalue weighted by molar-refractivity contribution is 0.103. The van der Waals surface area contributed by atoms with Gasteiger partial charge in [0.2, 0.25) is 0 Å². The van der Waals surface area contributed by atoms with E-state index in [9.17, 15) is 4.79 Å². The van der Waals surface area contributed by atoms with E-state index in [4.69, 9.17) is 0 Å². The Kier molecular flexibility index (Phi) is 4.14. The Hall–Kier alpha value is -3.85. The number of benzene rings is 1. The molecule has 29 heavy (non-hydrogen) atoms. The molecule has 0 aliphatic carbocycles. The highest BCUT2D eigenvalue weighted by Crippen LogP contribution is 2.25. The molecular weight excluding hydrogens is 386 g/mol. The Labute approximate surface area is 169 Å². The first-order valence-corrected chi connectivity index (χ1v) is 9.69. The molecule has 0 saturated carbocycles. The van der Waals surface area contributed by atoms with Gasteiger partial charge in [-0.15, -0.1) is 10.2 Å². The van der Waals surface area contributed by atoms with E-state index < -0.39 is 0 Å². The number of thiazole rings is 1. The predicted molar refractivity (Wildman–Crippen MR) is 110 cm³/mol. The van der Waals surface area contributed by atoms with Crippen LogP contribution in [0.1, 0.15) is 15.4 Å². The first-order chi connectivity index (χ1) is 14.2. The van der Waals surface area contributed by atoms with Crippen molar-refractivity contribution in [2.75, 3.05) is 5.32 Å². The van der Waals surface area contributed by atoms with Gasteiger partial charge < -0.3 is 9.88 Å². The molecule has 1 amide bonds. The predicted octanol–water partition coefficient (Wildman–Crippen LogP) is 3.60. The van der Waals surface area contributed by atoms with Crippen molar-refractivity contribution in [3.63, 3.8) is 0 Å². The number of rotatable bonds is 4. The Balaban J connectivity index is 1.41. The fourth-order valence-corrected chi connectivity index (χ4v) is 3.92. The number of fused-ring (bicyclic) bond motifs is 1. The highest BCUT2D eigenvalue weighted by molar-refractivity contribution is 7.16. The number of aryl methyl sites for hydroxylation is 1. The van der Waals surface area contributed by atoms with Crippen molar-refractivity contribution in [3.05, 3.63) is 77.8 Å². The largest absolute Gasteiger partial charge is 0.321 e. The fourth-order valence-electron chi connectivity index (χ4n) is 2.99. The van der Waals surface area contributed by atoms with Crippen LogP contribution in [0.2, 0.25) is 0 Å². The van der Waals surface area contributed by atoms with Gasteiger partial charge in [-0.1, -0.05) is 23.5 Å². The number of anilines is 1. The summed E-state index contributed by atoms with van der Waals surface area (Å²) in [6.07, 6.45) is 5.37. The summed E-state index contributed by atoms with van der Waals surface area (Å²) in [6.45, 7) is 1.84. The molecule has 0 bridgehead atoms. The molecular formula is C20H15N7OS. The third-order valence-corrected chi connectivity index (χ3v) is 5.56. The molecule has 1 aromatic carbocycles. The number of carbonyl (C=O) groups excluding carboxylic acids is 1. The van der Waals surface area contributed by atoms with Crippen molar-refractivity contribution < 1.29 is 4.79 Å². The highest BCUT2D eigenvalue weighted by atomic mass is 32.1. The van der Waals surface area contributed by atoms with Gasteiger partial charge in [-0.2, -0.15) is 9.61 Å². The molecule has 5 aromatic rings. The second-order valence-electron chi connectivity index (χ2n) is 6.39. The molecule has 0 aliphatic heterocycles. The van der Waals surface area contributed by atoms with Gasteiger partial charge in [-0.3, -0.25) is 4.79 Å². The third kappa shape index (κ3) is 3.27. The molecule has 9 heteroatoms. The minimum absolute atomic E-state index is 0.183. The van der Waals surface area contributed by atoms with Crippen molar-refractivity contribution in [2.45, 2.75) is 6.92 Å². The maximum absolute atomic E-state index is 12.8. The molecule has 8 nitrogen and oxygen atoms in total. The molecule has 0 radical (unpaired) electrons. The van der Waals surface area contributed by atoms with Crippen molar-refractivity contribution >= 4 is 28.6 Å². The van der Waals surface area contributed by atoms with Gasteiger partial charge in [0, 0.05) is 23.6 Å². The van der Waals surface area contributed by atoms with Crippen LogP contribution in [0.4, 0.5) is 5.69 Å². The van der Waals surface area contributed by atoms with E-state index in [1.165, 1.54) is 11.3 Å². The summed E-state index contributed by atoms with van der Waals surface area (Å²) >= 11 is 1.36. The molecule has 4 aromatic heterocycles. The smallest absolute Gasteiger partial charge is 0.267 e. The van der Waals surface area contributed by atoms with E-state index in [2.05, 4.69) is 25.6 Å². The number of carbonyl (C=O) groups is 1. The summed E-state index contributed by atoms with van der Waals surface area (Å²) in [6, 6.07) is 15.1. The minimum Gasteiger partial charge on any atom is -0.321 e. The van der Waals surface area contributed by atoms with E-state index in [-0.39, 0.29) is 5.91 Å². The van der Waals surface area contributed by atoms with Crippen LogP contribution < -0.4 is 5.32 Å². The minimum atomic E-state index is -0.183. The first-order valence-electron chi connectivity index (χ1n) is 8.87. The Morgan fingerprint density at radius 2 is 1.97 bits per heavy atom. The Morgan fingerprint density at radius 3 is 2.83 bits per heavy atom. The lowest BCUT2D eigenvalue weighted by atomic mass is 10.1. The second-order valence-corrected chi connectivity index (χ2v) is 7.37. The van der Waals surface area contributed by atoms with E-state index in [0.717, 1.165) is 16.4 Å². The van der Waals surface area contributed by atoms with E-state index >= 15 is 0 Å². The lowest BCUT2D eigenvalue weighted by Crippen LogP contribution is -2.11. The van der Waals surface area contributed by atoms with E-state index in [0.29, 0.717) is 21.9 Å². The average Bonchev–Trinajstić information content (AvgIpc) is 3.48. The second kappa shape index (κ2) is 6.95. The van der Waals surface area contributed by atoms with Gasteiger partial charge in [0.25, 0.3) is 5.91 Å². The summed E-state index contributed by atoms with van der Waals surface area (Å²) in [7, 11) is 0. The molecule has 0 atom stereocenters. The SMILES string of the molecule is Cc1nc(-n2cccc2)sc1C(=O)Nc1cccc(-c2ccc3nncn3n2)c1. The summed E-state index contributed by atoms with van der Waals surface area (Å²) < 4.78 is 3.51. The van der Waals surface area contributed by atoms with Crippen molar-refractivity contribution in [2.24, 2.45) is 0 Å². The quantitative estimate of drug-likeness (QED) is 0.497. The first kappa shape index (κ1) is 17.3. The summed E-state index contributed by atoms with van der Waals surface area (Å²) in [4.78, 5) is 17.9. The van der Waals surface area contributed by atoms with Crippen molar-refractivity contribution in [3.8, 4) is 16.4 Å². The molecule has 4 heterocycles. The number of hydrogen-bond donors (Lipinski definition) is 1. The summed E-state index contributed by atoms with van der Waals surface area (Å²) in [5, 5.41) is 16.0. The highest BCUT2D eigenvalue weighted by Gasteiger charge is 2.16. The Bertz CT molecular complexity index is 1320. The van der Waals surface area contributed by atoms with Crippen molar-refractivity contribution in [1.82, 2.24) is 29.4 Å². The van der Waals surface area contributed by atoms with Crippen LogP contribution in [0.15, 0.2) is 67.3 Å². The third-order valence-electron chi connectivity index (χ3n) is 4.39. The molecule has 0 unspecified atom stereocenters. The maximum Gasteiger partial charge on any atom is 0.267 e. The molecule has 5 rings (SSSR count). The van der Waals surface area contributed by atoms with E-state index in [1.807, 2.05) is 72.4 Å². The lowest BCUT2D eigenvalue weighted by Gasteiger charge is -2.07. The molecule has 0 aliphatic rings. The molecule has 0 saturated heterocycles. The summed E-state index contributed by atoms with van der Waals surface area (Å²) in [5.74, 6) is -0.183. The van der Waals surface area contributed by atoms with Gasteiger partial charge >= 0.3 is 0 Å². The number of aromatic nitrogens is 6. The van der Waals surface area contributed by atoms with Gasteiger partial charge in [0.15, 0.2) is 10.8 Å². The monoisotopic (exact) mass is 401 g/mol. The van der Waals surface area contributed by atoms with Crippen LogP contribution in [-0.2, 0) is 0 Å². The zero-order valence-electron chi connectivity index (χ0n) is 15.4. The van der Waals surface area contributed by atoms with Gasteiger partial charge in [0.05, 0.1) is 11.4 Å².